The van der Waals surface area contributed by atoms with Crippen molar-refractivity contribution in [2.24, 2.45) is 5.10 Å². The van der Waals surface area contributed by atoms with Crippen molar-refractivity contribution < 1.29 is 8.42 Å². The van der Waals surface area contributed by atoms with Crippen LogP contribution in [0.5, 0.6) is 0 Å². The molecule has 1 heterocycles. The van der Waals surface area contributed by atoms with Gasteiger partial charge in [-0.1, -0.05) is 70.0 Å². The molecule has 0 amide bonds. The van der Waals surface area contributed by atoms with Gasteiger partial charge in [-0.3, -0.25) is 4.72 Å². The maximum atomic E-state index is 12.7. The van der Waals surface area contributed by atoms with Gasteiger partial charge in [-0.05, 0) is 59.7 Å². The number of benzene rings is 3. The maximum absolute atomic E-state index is 12.7. The van der Waals surface area contributed by atoms with Gasteiger partial charge in [-0.15, -0.1) is 0 Å². The summed E-state index contributed by atoms with van der Waals surface area (Å²) in [6, 6.07) is 23.7. The summed E-state index contributed by atoms with van der Waals surface area (Å²) in [6.45, 7) is 0.420. The van der Waals surface area contributed by atoms with Gasteiger partial charge < -0.3 is 0 Å². The molecule has 0 aliphatic carbocycles. The highest BCUT2D eigenvalue weighted by Crippen LogP contribution is 2.29. The van der Waals surface area contributed by atoms with Gasteiger partial charge in [-0.2, -0.15) is 5.10 Å². The second-order valence-electron chi connectivity index (χ2n) is 6.90. The summed E-state index contributed by atoms with van der Waals surface area (Å²) in [6.07, 6.45) is 0. The fourth-order valence-electron chi connectivity index (χ4n) is 3.30. The van der Waals surface area contributed by atoms with Crippen LogP contribution in [0.15, 0.2) is 93.3 Å². The number of sulfonamides is 1. The molecule has 1 N–H and O–H groups in total. The van der Waals surface area contributed by atoms with Crippen molar-refractivity contribution >= 4 is 60.6 Å². The van der Waals surface area contributed by atoms with E-state index in [1.165, 1.54) is 17.1 Å². The first-order chi connectivity index (χ1) is 14.8. The summed E-state index contributed by atoms with van der Waals surface area (Å²) in [5.41, 5.74) is 2.77. The predicted molar refractivity (Wildman–Crippen MR) is 131 cm³/mol. The van der Waals surface area contributed by atoms with Crippen molar-refractivity contribution in [1.82, 2.24) is 9.73 Å². The van der Waals surface area contributed by atoms with Crippen molar-refractivity contribution in [1.29, 1.82) is 0 Å². The Balaban J connectivity index is 1.62. The summed E-state index contributed by atoms with van der Waals surface area (Å²) in [5, 5.41) is 6.84. The second kappa shape index (κ2) is 9.08. The van der Waals surface area contributed by atoms with Crippen LogP contribution in [0, 0.1) is 0 Å². The molecular formula is C22H17BrClN3O2S2. The number of hydrogen-bond donors (Lipinski definition) is 1. The van der Waals surface area contributed by atoms with Crippen LogP contribution in [-0.4, -0.2) is 30.8 Å². The fraction of sp³-hybridized carbons (Fsp3) is 0.0909. The van der Waals surface area contributed by atoms with E-state index in [4.69, 9.17) is 23.8 Å². The Kier molecular flexibility index (Phi) is 6.43. The largest absolute Gasteiger partial charge is 0.263 e. The van der Waals surface area contributed by atoms with Crippen LogP contribution in [0.1, 0.15) is 17.0 Å². The number of rotatable bonds is 4. The summed E-state index contributed by atoms with van der Waals surface area (Å²) < 4.78 is 28.8. The van der Waals surface area contributed by atoms with E-state index >= 15 is 0 Å². The highest BCUT2D eigenvalue weighted by Gasteiger charge is 2.32. The SMILES string of the molecule is O=S(=O)(NC(=S)N1CC(c2ccccc2)C(c2ccc(Cl)cc2)=N1)c1ccc(Br)cc1. The monoisotopic (exact) mass is 533 g/mol. The molecule has 0 saturated heterocycles. The third-order valence-electron chi connectivity index (χ3n) is 4.84. The molecule has 158 valence electrons. The average molecular weight is 535 g/mol. The third kappa shape index (κ3) is 4.98. The average Bonchev–Trinajstić information content (AvgIpc) is 3.21. The number of thiocarbonyl (C=S) groups is 1. The van der Waals surface area contributed by atoms with Crippen LogP contribution in [0.25, 0.3) is 0 Å². The van der Waals surface area contributed by atoms with Gasteiger partial charge >= 0.3 is 0 Å². The Morgan fingerprint density at radius 3 is 2.32 bits per heavy atom. The molecule has 1 atom stereocenters. The van der Waals surface area contributed by atoms with Gasteiger partial charge in [0.2, 0.25) is 5.11 Å². The number of hydrazone groups is 1. The van der Waals surface area contributed by atoms with Gasteiger partial charge in [0.15, 0.2) is 0 Å². The van der Waals surface area contributed by atoms with Gasteiger partial charge in [-0.25, -0.2) is 13.4 Å². The Labute approximate surface area is 199 Å². The standard InChI is InChI=1S/C22H17BrClN3O2S2/c23-17-8-12-19(13-9-17)31(28,29)26-22(30)27-14-20(15-4-2-1-3-5-15)21(25-27)16-6-10-18(24)11-7-16/h1-13,20H,14H2,(H,26,30). The minimum Gasteiger partial charge on any atom is -0.254 e. The van der Waals surface area contributed by atoms with E-state index in [1.807, 2.05) is 42.5 Å². The quantitative estimate of drug-likeness (QED) is 0.469. The van der Waals surface area contributed by atoms with Crippen molar-refractivity contribution in [2.45, 2.75) is 10.8 Å². The van der Waals surface area contributed by atoms with Crippen LogP contribution in [0.3, 0.4) is 0 Å². The lowest BCUT2D eigenvalue weighted by Crippen LogP contribution is -2.39. The number of halogens is 2. The predicted octanol–water partition coefficient (Wildman–Crippen LogP) is 5.17. The molecule has 0 bridgehead atoms. The van der Waals surface area contributed by atoms with Gasteiger partial charge in [0.25, 0.3) is 10.0 Å². The van der Waals surface area contributed by atoms with E-state index < -0.39 is 10.0 Å². The molecule has 1 aliphatic rings. The molecule has 0 saturated carbocycles. The first-order valence-electron chi connectivity index (χ1n) is 9.33. The topological polar surface area (TPSA) is 61.8 Å². The lowest BCUT2D eigenvalue weighted by molar-refractivity contribution is 0.472. The zero-order valence-electron chi connectivity index (χ0n) is 16.1. The lowest BCUT2D eigenvalue weighted by atomic mass is 9.91. The third-order valence-corrected chi connectivity index (χ3v) is 7.41. The van der Waals surface area contributed by atoms with Crippen LogP contribution >= 0.6 is 39.7 Å². The van der Waals surface area contributed by atoms with Gasteiger partial charge in [0, 0.05) is 15.4 Å². The molecule has 1 unspecified atom stereocenters. The van der Waals surface area contributed by atoms with Gasteiger partial charge in [0.05, 0.1) is 17.2 Å². The molecule has 0 radical (unpaired) electrons. The molecule has 0 aromatic heterocycles. The van der Waals surface area contributed by atoms with Crippen LogP contribution in [0.2, 0.25) is 5.02 Å². The Morgan fingerprint density at radius 1 is 1.03 bits per heavy atom. The number of hydrogen-bond acceptors (Lipinski definition) is 4. The lowest BCUT2D eigenvalue weighted by Gasteiger charge is -2.18. The van der Waals surface area contributed by atoms with E-state index in [0.717, 1.165) is 21.3 Å². The highest BCUT2D eigenvalue weighted by molar-refractivity contribution is 9.10. The molecule has 3 aromatic rings. The highest BCUT2D eigenvalue weighted by atomic mass is 79.9. The smallest absolute Gasteiger partial charge is 0.254 e. The zero-order chi connectivity index (χ0) is 22.0. The van der Waals surface area contributed by atoms with Crippen molar-refractivity contribution in [3.63, 3.8) is 0 Å². The number of nitrogens with one attached hydrogen (secondary N) is 1. The van der Waals surface area contributed by atoms with Crippen LogP contribution < -0.4 is 4.72 Å². The molecule has 0 fully saturated rings. The number of nitrogens with zero attached hydrogens (tertiary/aromatic N) is 2. The molecule has 3 aromatic carbocycles. The molecule has 9 heteroatoms. The first-order valence-corrected chi connectivity index (χ1v) is 12.4. The second-order valence-corrected chi connectivity index (χ2v) is 10.3. The van der Waals surface area contributed by atoms with E-state index in [9.17, 15) is 8.42 Å². The summed E-state index contributed by atoms with van der Waals surface area (Å²) in [5.74, 6) is -0.0717. The summed E-state index contributed by atoms with van der Waals surface area (Å²) in [4.78, 5) is 0.124. The molecular weight excluding hydrogens is 518 g/mol. The maximum Gasteiger partial charge on any atom is 0.263 e. The minimum absolute atomic E-state index is 0.0211. The fourth-order valence-corrected chi connectivity index (χ4v) is 5.08. The molecule has 0 spiro atoms. The summed E-state index contributed by atoms with van der Waals surface area (Å²) in [7, 11) is -3.82. The molecule has 31 heavy (non-hydrogen) atoms. The van der Waals surface area contributed by atoms with Crippen molar-refractivity contribution in [3.8, 4) is 0 Å². The molecule has 5 nitrogen and oxygen atoms in total. The van der Waals surface area contributed by atoms with Crippen LogP contribution in [-0.2, 0) is 10.0 Å². The Hall–Kier alpha value is -2.26. The van der Waals surface area contributed by atoms with E-state index in [2.05, 4.69) is 25.8 Å². The normalized spacial score (nSPS) is 16.1. The molecule has 4 rings (SSSR count). The Bertz CT molecular complexity index is 1230. The zero-order valence-corrected chi connectivity index (χ0v) is 20.0. The van der Waals surface area contributed by atoms with Crippen molar-refractivity contribution in [2.75, 3.05) is 6.54 Å². The Morgan fingerprint density at radius 2 is 1.68 bits per heavy atom. The van der Waals surface area contributed by atoms with E-state index in [1.54, 1.807) is 24.3 Å². The van der Waals surface area contributed by atoms with Crippen molar-refractivity contribution in [3.05, 3.63) is 99.5 Å². The van der Waals surface area contributed by atoms with E-state index in [0.29, 0.717) is 11.6 Å². The van der Waals surface area contributed by atoms with Crippen LogP contribution in [0.4, 0.5) is 0 Å². The minimum atomic E-state index is -3.82. The van der Waals surface area contributed by atoms with E-state index in [-0.39, 0.29) is 15.9 Å². The van der Waals surface area contributed by atoms with Gasteiger partial charge in [0.1, 0.15) is 0 Å². The first kappa shape index (κ1) is 22.0. The summed E-state index contributed by atoms with van der Waals surface area (Å²) >= 11 is 14.8. The molecule has 1 aliphatic heterocycles.